The molecule has 1 rings (SSSR count). The van der Waals surface area contributed by atoms with E-state index in [0.717, 1.165) is 30.8 Å². The molecule has 0 saturated carbocycles. The smallest absolute Gasteiger partial charge is 0.122 e. The molecule has 1 unspecified atom stereocenters. The first-order valence-electron chi connectivity index (χ1n) is 7.27. The Morgan fingerprint density at radius 1 is 1.25 bits per heavy atom. The molecule has 0 saturated heterocycles. The van der Waals surface area contributed by atoms with Gasteiger partial charge < -0.3 is 15.2 Å². The summed E-state index contributed by atoms with van der Waals surface area (Å²) in [5, 5.41) is 0.715. The monoisotopic (exact) mass is 299 g/mol. The van der Waals surface area contributed by atoms with Crippen molar-refractivity contribution >= 4 is 11.6 Å². The predicted octanol–water partition coefficient (Wildman–Crippen LogP) is 3.67. The van der Waals surface area contributed by atoms with Crippen LogP contribution in [-0.2, 0) is 11.2 Å². The van der Waals surface area contributed by atoms with Gasteiger partial charge in [0.15, 0.2) is 0 Å². The molecule has 4 heteroatoms. The zero-order valence-corrected chi connectivity index (χ0v) is 13.5. The fourth-order valence-electron chi connectivity index (χ4n) is 1.80. The maximum absolute atomic E-state index is 6.04. The van der Waals surface area contributed by atoms with Gasteiger partial charge in [0, 0.05) is 17.7 Å². The summed E-state index contributed by atoms with van der Waals surface area (Å²) in [6.07, 6.45) is 1.71. The first kappa shape index (κ1) is 17.3. The van der Waals surface area contributed by atoms with E-state index in [1.54, 1.807) is 0 Å². The fraction of sp³-hybridized carbons (Fsp3) is 0.625. The van der Waals surface area contributed by atoms with Gasteiger partial charge in [0.05, 0.1) is 6.61 Å². The highest BCUT2D eigenvalue weighted by atomic mass is 35.5. The first-order valence-corrected chi connectivity index (χ1v) is 7.65. The number of rotatable bonds is 9. The lowest BCUT2D eigenvalue weighted by atomic mass is 10.0. The minimum atomic E-state index is 0.132. The molecule has 0 heterocycles. The van der Waals surface area contributed by atoms with Gasteiger partial charge in [0.1, 0.15) is 12.4 Å². The SMILES string of the molecule is CCC(N)Cc1cc(Cl)ccc1OCCOCC(C)C. The van der Waals surface area contributed by atoms with Crippen molar-refractivity contribution in [2.75, 3.05) is 19.8 Å². The molecule has 0 aliphatic carbocycles. The summed E-state index contributed by atoms with van der Waals surface area (Å²) in [7, 11) is 0. The third kappa shape index (κ3) is 6.60. The van der Waals surface area contributed by atoms with E-state index in [1.165, 1.54) is 0 Å². The van der Waals surface area contributed by atoms with E-state index in [4.69, 9.17) is 26.8 Å². The fourth-order valence-corrected chi connectivity index (χ4v) is 2.00. The van der Waals surface area contributed by atoms with Crippen molar-refractivity contribution in [3.8, 4) is 5.75 Å². The molecule has 0 aliphatic heterocycles. The summed E-state index contributed by atoms with van der Waals surface area (Å²) >= 11 is 6.04. The maximum atomic E-state index is 6.04. The molecule has 0 bridgehead atoms. The van der Waals surface area contributed by atoms with Gasteiger partial charge in [-0.25, -0.2) is 0 Å². The molecule has 1 aromatic rings. The van der Waals surface area contributed by atoms with Crippen molar-refractivity contribution in [3.05, 3.63) is 28.8 Å². The molecule has 2 N–H and O–H groups in total. The van der Waals surface area contributed by atoms with Crippen molar-refractivity contribution in [1.82, 2.24) is 0 Å². The van der Waals surface area contributed by atoms with Crippen LogP contribution in [0.15, 0.2) is 18.2 Å². The van der Waals surface area contributed by atoms with E-state index in [9.17, 15) is 0 Å². The van der Waals surface area contributed by atoms with Crippen LogP contribution in [0.1, 0.15) is 32.8 Å². The Hall–Kier alpha value is -0.770. The molecular weight excluding hydrogens is 274 g/mol. The van der Waals surface area contributed by atoms with Crippen LogP contribution in [0.3, 0.4) is 0 Å². The van der Waals surface area contributed by atoms with Gasteiger partial charge in [-0.05, 0) is 42.5 Å². The number of ether oxygens (including phenoxy) is 2. The van der Waals surface area contributed by atoms with E-state index in [0.29, 0.717) is 24.2 Å². The Kier molecular flexibility index (Phi) is 7.97. The van der Waals surface area contributed by atoms with Gasteiger partial charge in [-0.15, -0.1) is 0 Å². The van der Waals surface area contributed by atoms with Crippen LogP contribution >= 0.6 is 11.6 Å². The Labute approximate surface area is 127 Å². The highest BCUT2D eigenvalue weighted by molar-refractivity contribution is 6.30. The number of halogens is 1. The van der Waals surface area contributed by atoms with Crippen LogP contribution in [0.5, 0.6) is 5.75 Å². The average Bonchev–Trinajstić information content (AvgIpc) is 2.40. The zero-order valence-electron chi connectivity index (χ0n) is 12.7. The summed E-state index contributed by atoms with van der Waals surface area (Å²) < 4.78 is 11.3. The standard InChI is InChI=1S/C16H26ClNO2/c1-4-15(18)10-13-9-14(17)5-6-16(13)20-8-7-19-11-12(2)3/h5-6,9,12,15H,4,7-8,10-11,18H2,1-3H3. The van der Waals surface area contributed by atoms with Crippen molar-refractivity contribution < 1.29 is 9.47 Å². The van der Waals surface area contributed by atoms with Gasteiger partial charge in [0.25, 0.3) is 0 Å². The van der Waals surface area contributed by atoms with E-state index in [1.807, 2.05) is 18.2 Å². The Morgan fingerprint density at radius 3 is 2.65 bits per heavy atom. The summed E-state index contributed by atoms with van der Waals surface area (Å²) in [5.74, 6) is 1.40. The quantitative estimate of drug-likeness (QED) is 0.708. The first-order chi connectivity index (χ1) is 9.52. The summed E-state index contributed by atoms with van der Waals surface area (Å²) in [6.45, 7) is 8.24. The lowest BCUT2D eigenvalue weighted by molar-refractivity contribution is 0.0816. The third-order valence-corrected chi connectivity index (χ3v) is 3.20. The topological polar surface area (TPSA) is 44.5 Å². The van der Waals surface area contributed by atoms with Crippen LogP contribution in [-0.4, -0.2) is 25.9 Å². The molecule has 0 aromatic heterocycles. The summed E-state index contributed by atoms with van der Waals surface area (Å²) in [6, 6.07) is 5.81. The lowest BCUT2D eigenvalue weighted by Gasteiger charge is -2.15. The van der Waals surface area contributed by atoms with Gasteiger partial charge in [0.2, 0.25) is 0 Å². The lowest BCUT2D eigenvalue weighted by Crippen LogP contribution is -2.22. The minimum absolute atomic E-state index is 0.132. The molecule has 0 fully saturated rings. The molecule has 20 heavy (non-hydrogen) atoms. The van der Waals surface area contributed by atoms with Crippen molar-refractivity contribution in [1.29, 1.82) is 0 Å². The predicted molar refractivity (Wildman–Crippen MR) is 84.6 cm³/mol. The van der Waals surface area contributed by atoms with Crippen LogP contribution < -0.4 is 10.5 Å². The molecule has 1 atom stereocenters. The van der Waals surface area contributed by atoms with Gasteiger partial charge in [-0.1, -0.05) is 32.4 Å². The van der Waals surface area contributed by atoms with Gasteiger partial charge in [-0.2, -0.15) is 0 Å². The second-order valence-corrected chi connectivity index (χ2v) is 5.88. The third-order valence-electron chi connectivity index (χ3n) is 2.97. The van der Waals surface area contributed by atoms with Crippen LogP contribution in [0.25, 0.3) is 0 Å². The van der Waals surface area contributed by atoms with E-state index in [-0.39, 0.29) is 6.04 Å². The van der Waals surface area contributed by atoms with Crippen molar-refractivity contribution in [2.45, 2.75) is 39.7 Å². The Balaban J connectivity index is 2.51. The highest BCUT2D eigenvalue weighted by Crippen LogP contribution is 2.24. The molecule has 114 valence electrons. The van der Waals surface area contributed by atoms with Crippen molar-refractivity contribution in [3.63, 3.8) is 0 Å². The van der Waals surface area contributed by atoms with E-state index < -0.39 is 0 Å². The van der Waals surface area contributed by atoms with Crippen LogP contribution in [0.2, 0.25) is 5.02 Å². The Bertz CT molecular complexity index is 396. The van der Waals surface area contributed by atoms with E-state index in [2.05, 4.69) is 20.8 Å². The van der Waals surface area contributed by atoms with Gasteiger partial charge in [-0.3, -0.25) is 0 Å². The van der Waals surface area contributed by atoms with E-state index >= 15 is 0 Å². The van der Waals surface area contributed by atoms with Crippen LogP contribution in [0.4, 0.5) is 0 Å². The largest absolute Gasteiger partial charge is 0.491 e. The summed E-state index contributed by atoms with van der Waals surface area (Å²) in [5.41, 5.74) is 7.08. The number of benzene rings is 1. The normalized spacial score (nSPS) is 12.7. The molecule has 0 aliphatic rings. The molecule has 0 radical (unpaired) electrons. The second kappa shape index (κ2) is 9.22. The van der Waals surface area contributed by atoms with Gasteiger partial charge >= 0.3 is 0 Å². The van der Waals surface area contributed by atoms with Crippen molar-refractivity contribution in [2.24, 2.45) is 11.7 Å². The highest BCUT2D eigenvalue weighted by Gasteiger charge is 2.09. The molecule has 1 aromatic carbocycles. The molecule has 0 spiro atoms. The minimum Gasteiger partial charge on any atom is -0.491 e. The zero-order chi connectivity index (χ0) is 15.0. The maximum Gasteiger partial charge on any atom is 0.122 e. The average molecular weight is 300 g/mol. The number of hydrogen-bond donors (Lipinski definition) is 1. The Morgan fingerprint density at radius 2 is 2.00 bits per heavy atom. The number of nitrogens with two attached hydrogens (primary N) is 1. The molecule has 3 nitrogen and oxygen atoms in total. The number of hydrogen-bond acceptors (Lipinski definition) is 3. The summed E-state index contributed by atoms with van der Waals surface area (Å²) in [4.78, 5) is 0. The molecule has 0 amide bonds. The molecular formula is C16H26ClNO2. The van der Waals surface area contributed by atoms with Crippen LogP contribution in [0, 0.1) is 5.92 Å². The second-order valence-electron chi connectivity index (χ2n) is 5.44.